The van der Waals surface area contributed by atoms with Gasteiger partial charge in [-0.2, -0.15) is 0 Å². The zero-order chi connectivity index (χ0) is 13.3. The first kappa shape index (κ1) is 15.3. The van der Waals surface area contributed by atoms with Gasteiger partial charge in [0.2, 0.25) is 5.91 Å². The van der Waals surface area contributed by atoms with Gasteiger partial charge in [0, 0.05) is 19.4 Å². The summed E-state index contributed by atoms with van der Waals surface area (Å²) in [5.41, 5.74) is 0.750. The largest absolute Gasteiger partial charge is 0.356 e. The average molecular weight is 237 g/mol. The molecule has 0 aromatic heterocycles. The summed E-state index contributed by atoms with van der Waals surface area (Å²) in [4.78, 5) is 32.9. The van der Waals surface area contributed by atoms with Crippen LogP contribution in [0, 0.1) is 0 Å². The predicted octanol–water partition coefficient (Wildman–Crippen LogP) is 1.56. The first-order chi connectivity index (χ1) is 7.95. The molecule has 1 N–H and O–H groups in total. The second kappa shape index (κ2) is 8.44. The minimum Gasteiger partial charge on any atom is -0.356 e. The summed E-state index contributed by atoms with van der Waals surface area (Å²) in [5, 5.41) is 2.70. The van der Waals surface area contributed by atoms with E-state index in [0.717, 1.165) is 5.57 Å². The quantitative estimate of drug-likeness (QED) is 0.514. The molecule has 0 atom stereocenters. The van der Waals surface area contributed by atoms with E-state index in [9.17, 15) is 14.4 Å². The molecule has 0 aliphatic heterocycles. The van der Waals surface area contributed by atoms with Crippen LogP contribution < -0.4 is 5.32 Å². The Morgan fingerprint density at radius 1 is 1.24 bits per heavy atom. The molecule has 0 bridgehead atoms. The molecule has 0 aliphatic rings. The van der Waals surface area contributed by atoms with Crippen molar-refractivity contribution in [1.82, 2.24) is 5.32 Å². The molecule has 0 aromatic rings. The van der Waals surface area contributed by atoms with E-state index in [0.29, 0.717) is 19.4 Å². The molecule has 94 valence electrons. The van der Waals surface area contributed by atoms with Gasteiger partial charge in [-0.25, -0.2) is 0 Å². The lowest BCUT2D eigenvalue weighted by Crippen LogP contribution is -2.23. The minimum atomic E-state index is -0.154. The number of carbonyl (C=O) groups excluding carboxylic acids is 3. The van der Waals surface area contributed by atoms with Gasteiger partial charge in [0.15, 0.2) is 11.6 Å². The number of hydrogen-bond acceptors (Lipinski definition) is 3. The smallest absolute Gasteiger partial charge is 0.219 e. The highest BCUT2D eigenvalue weighted by Gasteiger charge is 2.02. The van der Waals surface area contributed by atoms with Crippen molar-refractivity contribution < 1.29 is 14.4 Å². The summed E-state index contributed by atoms with van der Waals surface area (Å²) in [6.07, 6.45) is 3.75. The van der Waals surface area contributed by atoms with Crippen molar-refractivity contribution in [3.63, 3.8) is 0 Å². The lowest BCUT2D eigenvalue weighted by molar-refractivity contribution is -0.120. The van der Waals surface area contributed by atoms with Crippen LogP contribution in [0.25, 0.3) is 0 Å². The monoisotopic (exact) mass is 237 g/mol. The second-order valence-corrected chi connectivity index (χ2v) is 3.79. The van der Waals surface area contributed by atoms with E-state index in [4.69, 9.17) is 0 Å². The number of carbonyl (C=O) groups is 3. The molecule has 0 radical (unpaired) electrons. The van der Waals surface area contributed by atoms with Crippen LogP contribution in [-0.4, -0.2) is 24.0 Å². The Labute approximate surface area is 102 Å². The molecule has 4 nitrogen and oxygen atoms in total. The fourth-order valence-electron chi connectivity index (χ4n) is 1.11. The number of hydrogen-bond donors (Lipinski definition) is 1. The van der Waals surface area contributed by atoms with Gasteiger partial charge < -0.3 is 5.32 Å². The van der Waals surface area contributed by atoms with Crippen LogP contribution in [0.1, 0.15) is 33.1 Å². The molecule has 0 heterocycles. The van der Waals surface area contributed by atoms with Crippen LogP contribution in [0.2, 0.25) is 0 Å². The summed E-state index contributed by atoms with van der Waals surface area (Å²) in [6, 6.07) is 0. The Balaban J connectivity index is 3.83. The molecule has 4 heteroatoms. The maximum absolute atomic E-state index is 11.3. The highest BCUT2D eigenvalue weighted by molar-refractivity contribution is 5.98. The van der Waals surface area contributed by atoms with Gasteiger partial charge in [0.1, 0.15) is 0 Å². The number of amides is 1. The summed E-state index contributed by atoms with van der Waals surface area (Å²) < 4.78 is 0. The third-order valence-electron chi connectivity index (χ3n) is 2.05. The lowest BCUT2D eigenvalue weighted by Gasteiger charge is -2.04. The summed E-state index contributed by atoms with van der Waals surface area (Å²) in [7, 11) is 0. The Morgan fingerprint density at radius 2 is 1.88 bits per heavy atom. The lowest BCUT2D eigenvalue weighted by atomic mass is 10.1. The van der Waals surface area contributed by atoms with Gasteiger partial charge in [-0.15, -0.1) is 0 Å². The Hall–Kier alpha value is -1.71. The van der Waals surface area contributed by atoms with Gasteiger partial charge in [0.05, 0.1) is 0 Å². The summed E-state index contributed by atoms with van der Waals surface area (Å²) >= 11 is 0. The van der Waals surface area contributed by atoms with Gasteiger partial charge in [0.25, 0.3) is 0 Å². The van der Waals surface area contributed by atoms with Crippen molar-refractivity contribution in [3.05, 3.63) is 24.3 Å². The molecule has 17 heavy (non-hydrogen) atoms. The first-order valence-corrected chi connectivity index (χ1v) is 5.60. The van der Waals surface area contributed by atoms with Gasteiger partial charge in [-0.1, -0.05) is 19.1 Å². The molecule has 0 unspecified atom stereocenters. The zero-order valence-corrected chi connectivity index (χ0v) is 10.4. The van der Waals surface area contributed by atoms with Gasteiger partial charge in [-0.05, 0) is 25.5 Å². The van der Waals surface area contributed by atoms with Crippen molar-refractivity contribution in [2.75, 3.05) is 6.54 Å². The standard InChI is InChI=1S/C13H19NO3/c1-4-13(17)14-8-7-10(2)9-12(16)6-5-11(3)15/h5-6H,2,4,7-9H2,1,3H3,(H,14,17)/b6-5-. The number of rotatable bonds is 8. The molecular weight excluding hydrogens is 218 g/mol. The number of ketones is 2. The molecule has 0 saturated heterocycles. The summed E-state index contributed by atoms with van der Waals surface area (Å²) in [5.74, 6) is -0.313. The van der Waals surface area contributed by atoms with E-state index in [1.807, 2.05) is 0 Å². The van der Waals surface area contributed by atoms with Gasteiger partial charge in [-0.3, -0.25) is 14.4 Å². The first-order valence-electron chi connectivity index (χ1n) is 5.60. The van der Waals surface area contributed by atoms with Crippen LogP contribution >= 0.6 is 0 Å². The normalized spacial score (nSPS) is 10.2. The Bertz CT molecular complexity index is 343. The van der Waals surface area contributed by atoms with E-state index in [1.54, 1.807) is 6.92 Å². The van der Waals surface area contributed by atoms with Crippen molar-refractivity contribution >= 4 is 17.5 Å². The van der Waals surface area contributed by atoms with E-state index in [2.05, 4.69) is 11.9 Å². The van der Waals surface area contributed by atoms with E-state index in [-0.39, 0.29) is 23.9 Å². The predicted molar refractivity (Wildman–Crippen MR) is 66.5 cm³/mol. The Morgan fingerprint density at radius 3 is 2.41 bits per heavy atom. The number of nitrogens with one attached hydrogen (secondary N) is 1. The fourth-order valence-corrected chi connectivity index (χ4v) is 1.11. The average Bonchev–Trinajstić information content (AvgIpc) is 2.26. The molecule has 0 aliphatic carbocycles. The van der Waals surface area contributed by atoms with Crippen LogP contribution in [0.4, 0.5) is 0 Å². The molecule has 0 rings (SSSR count). The molecular formula is C13H19NO3. The topological polar surface area (TPSA) is 63.2 Å². The molecule has 0 saturated carbocycles. The SMILES string of the molecule is C=C(CCNC(=O)CC)CC(=O)/C=C\C(C)=O. The highest BCUT2D eigenvalue weighted by Crippen LogP contribution is 2.04. The zero-order valence-electron chi connectivity index (χ0n) is 10.4. The minimum absolute atomic E-state index is 0.0133. The third-order valence-corrected chi connectivity index (χ3v) is 2.05. The van der Waals surface area contributed by atoms with Crippen molar-refractivity contribution in [2.24, 2.45) is 0 Å². The number of allylic oxidation sites excluding steroid dienone is 2. The molecule has 0 fully saturated rings. The third kappa shape index (κ3) is 9.23. The van der Waals surface area contributed by atoms with Crippen molar-refractivity contribution in [1.29, 1.82) is 0 Å². The van der Waals surface area contributed by atoms with E-state index < -0.39 is 0 Å². The van der Waals surface area contributed by atoms with Crippen LogP contribution in [-0.2, 0) is 14.4 Å². The molecule has 0 aromatic carbocycles. The molecule has 1 amide bonds. The van der Waals surface area contributed by atoms with E-state index in [1.165, 1.54) is 19.1 Å². The highest BCUT2D eigenvalue weighted by atomic mass is 16.1. The second-order valence-electron chi connectivity index (χ2n) is 3.79. The maximum atomic E-state index is 11.3. The van der Waals surface area contributed by atoms with Crippen LogP contribution in [0.3, 0.4) is 0 Å². The van der Waals surface area contributed by atoms with Crippen molar-refractivity contribution in [2.45, 2.75) is 33.1 Å². The van der Waals surface area contributed by atoms with Gasteiger partial charge >= 0.3 is 0 Å². The van der Waals surface area contributed by atoms with E-state index >= 15 is 0 Å². The summed E-state index contributed by atoms with van der Waals surface area (Å²) in [6.45, 7) is 7.41. The fraction of sp³-hybridized carbons (Fsp3) is 0.462. The van der Waals surface area contributed by atoms with Crippen molar-refractivity contribution in [3.8, 4) is 0 Å². The van der Waals surface area contributed by atoms with Crippen LogP contribution in [0.15, 0.2) is 24.3 Å². The molecule has 0 spiro atoms. The van der Waals surface area contributed by atoms with Crippen LogP contribution in [0.5, 0.6) is 0 Å². The maximum Gasteiger partial charge on any atom is 0.219 e. The Kier molecular flexibility index (Phi) is 7.59.